The number of carbonyl (C=O) groups excluding carboxylic acids is 3. The normalized spacial score (nSPS) is 13.8. The van der Waals surface area contributed by atoms with Gasteiger partial charge in [-0.1, -0.05) is 24.3 Å². The average Bonchev–Trinajstić information content (AvgIpc) is 2.99. The fraction of sp³-hybridized carbons (Fsp3) is 0.304. The van der Waals surface area contributed by atoms with Gasteiger partial charge in [0.25, 0.3) is 11.8 Å². The fourth-order valence-electron chi connectivity index (χ4n) is 3.66. The van der Waals surface area contributed by atoms with E-state index >= 15 is 0 Å². The average molecular weight is 389 g/mol. The van der Waals surface area contributed by atoms with Crippen molar-refractivity contribution in [3.05, 3.63) is 70.8 Å². The summed E-state index contributed by atoms with van der Waals surface area (Å²) in [7, 11) is 0. The molecule has 2 aromatic carbocycles. The molecule has 1 unspecified atom stereocenters. The van der Waals surface area contributed by atoms with E-state index in [0.717, 1.165) is 5.56 Å². The zero-order chi connectivity index (χ0) is 21.0. The molecule has 29 heavy (non-hydrogen) atoms. The first-order valence-corrected chi connectivity index (χ1v) is 9.72. The number of carbonyl (C=O) groups is 3. The lowest BCUT2D eigenvalue weighted by atomic mass is 10.0. The van der Waals surface area contributed by atoms with Gasteiger partial charge >= 0.3 is 0 Å². The Morgan fingerprint density at radius 2 is 1.66 bits per heavy atom. The third-order valence-electron chi connectivity index (χ3n) is 5.30. The van der Waals surface area contributed by atoms with Gasteiger partial charge in [-0.2, -0.15) is 5.26 Å². The molecule has 0 radical (unpaired) electrons. The van der Waals surface area contributed by atoms with Gasteiger partial charge in [-0.15, -0.1) is 0 Å². The number of nitriles is 1. The van der Waals surface area contributed by atoms with Crippen molar-refractivity contribution >= 4 is 17.7 Å². The highest BCUT2D eigenvalue weighted by molar-refractivity contribution is 6.21. The monoisotopic (exact) mass is 389 g/mol. The van der Waals surface area contributed by atoms with Crippen LogP contribution in [0.1, 0.15) is 64.6 Å². The molecule has 1 atom stereocenters. The molecule has 1 aliphatic heterocycles. The predicted octanol–water partition coefficient (Wildman–Crippen LogP) is 3.54. The number of rotatable bonds is 7. The van der Waals surface area contributed by atoms with E-state index in [2.05, 4.69) is 6.07 Å². The number of fused-ring (bicyclic) bond motifs is 1. The fourth-order valence-corrected chi connectivity index (χ4v) is 3.66. The quantitative estimate of drug-likeness (QED) is 0.678. The maximum absolute atomic E-state index is 12.8. The summed E-state index contributed by atoms with van der Waals surface area (Å²) in [4.78, 5) is 40.6. The number of imide groups is 1. The largest absolute Gasteiger partial charge is 0.336 e. The topological polar surface area (TPSA) is 81.5 Å². The molecule has 0 saturated carbocycles. The molecule has 0 aromatic heterocycles. The first kappa shape index (κ1) is 20.3. The Balaban J connectivity index is 1.58. The molecular weight excluding hydrogens is 366 g/mol. The van der Waals surface area contributed by atoms with E-state index in [-0.39, 0.29) is 36.7 Å². The van der Waals surface area contributed by atoms with Gasteiger partial charge in [-0.25, -0.2) is 0 Å². The smallest absolute Gasteiger partial charge is 0.261 e. The van der Waals surface area contributed by atoms with Crippen LogP contribution < -0.4 is 0 Å². The third kappa shape index (κ3) is 4.04. The van der Waals surface area contributed by atoms with Crippen LogP contribution >= 0.6 is 0 Å². The molecule has 148 valence electrons. The molecular formula is C23H23N3O3. The van der Waals surface area contributed by atoms with Crippen LogP contribution in [0.25, 0.3) is 0 Å². The number of amides is 3. The molecule has 6 heteroatoms. The maximum atomic E-state index is 12.8. The summed E-state index contributed by atoms with van der Waals surface area (Å²) in [5.74, 6) is -0.617. The molecule has 0 fully saturated rings. The lowest BCUT2D eigenvalue weighted by molar-refractivity contribution is -0.133. The summed E-state index contributed by atoms with van der Waals surface area (Å²) in [5.41, 5.74) is 2.39. The first-order valence-electron chi connectivity index (χ1n) is 9.72. The highest BCUT2D eigenvalue weighted by atomic mass is 16.2. The van der Waals surface area contributed by atoms with Gasteiger partial charge in [-0.3, -0.25) is 19.3 Å². The zero-order valence-electron chi connectivity index (χ0n) is 16.6. The molecule has 0 bridgehead atoms. The highest BCUT2D eigenvalue weighted by Gasteiger charge is 2.34. The standard InChI is InChI=1S/C23H23N3O3/c1-3-25(16(2)18-12-10-17(15-24)11-13-18)21(27)9-6-14-26-22(28)19-7-4-5-8-20(19)23(26)29/h4-5,7-8,10-13,16H,3,6,9,14H2,1-2H3. The molecule has 1 aliphatic rings. The second-order valence-electron chi connectivity index (χ2n) is 7.00. The zero-order valence-corrected chi connectivity index (χ0v) is 16.6. The molecule has 3 rings (SSSR count). The van der Waals surface area contributed by atoms with Crippen molar-refractivity contribution in [3.63, 3.8) is 0 Å². The second-order valence-corrected chi connectivity index (χ2v) is 7.00. The number of hydrogen-bond acceptors (Lipinski definition) is 4. The Labute approximate surface area is 170 Å². The van der Waals surface area contributed by atoms with Crippen LogP contribution in [-0.2, 0) is 4.79 Å². The first-order chi connectivity index (χ1) is 14.0. The van der Waals surface area contributed by atoms with Crippen LogP contribution in [0.4, 0.5) is 0 Å². The Hall–Kier alpha value is -3.46. The number of benzene rings is 2. The minimum atomic E-state index is -0.295. The van der Waals surface area contributed by atoms with Gasteiger partial charge in [0.1, 0.15) is 0 Å². The molecule has 1 heterocycles. The van der Waals surface area contributed by atoms with Crippen molar-refractivity contribution < 1.29 is 14.4 Å². The second kappa shape index (κ2) is 8.70. The van der Waals surface area contributed by atoms with Gasteiger partial charge in [0, 0.05) is 19.5 Å². The summed E-state index contributed by atoms with van der Waals surface area (Å²) in [6.07, 6.45) is 0.669. The molecule has 0 N–H and O–H groups in total. The van der Waals surface area contributed by atoms with Crippen molar-refractivity contribution in [2.75, 3.05) is 13.1 Å². The van der Waals surface area contributed by atoms with Crippen molar-refractivity contribution in [1.82, 2.24) is 9.80 Å². The van der Waals surface area contributed by atoms with E-state index in [1.165, 1.54) is 4.90 Å². The lowest BCUT2D eigenvalue weighted by Crippen LogP contribution is -2.35. The molecule has 2 aromatic rings. The summed E-state index contributed by atoms with van der Waals surface area (Å²) in [6, 6.07) is 15.9. The number of hydrogen-bond donors (Lipinski definition) is 0. The predicted molar refractivity (Wildman–Crippen MR) is 108 cm³/mol. The van der Waals surface area contributed by atoms with Gasteiger partial charge < -0.3 is 4.90 Å². The summed E-state index contributed by atoms with van der Waals surface area (Å²) in [6.45, 7) is 4.64. The van der Waals surface area contributed by atoms with Gasteiger partial charge in [0.2, 0.25) is 5.91 Å². The van der Waals surface area contributed by atoms with Gasteiger partial charge in [-0.05, 0) is 50.1 Å². The minimum Gasteiger partial charge on any atom is -0.336 e. The van der Waals surface area contributed by atoms with Gasteiger partial charge in [0.15, 0.2) is 0 Å². The molecule has 0 aliphatic carbocycles. The molecule has 0 spiro atoms. The Morgan fingerprint density at radius 3 is 2.17 bits per heavy atom. The van der Waals surface area contributed by atoms with Crippen LogP contribution in [0.15, 0.2) is 48.5 Å². The van der Waals surface area contributed by atoms with E-state index in [9.17, 15) is 14.4 Å². The Morgan fingerprint density at radius 1 is 1.07 bits per heavy atom. The van der Waals surface area contributed by atoms with Crippen molar-refractivity contribution in [3.8, 4) is 6.07 Å². The Kier molecular flexibility index (Phi) is 6.08. The van der Waals surface area contributed by atoms with Crippen molar-refractivity contribution in [2.24, 2.45) is 0 Å². The molecule has 0 saturated heterocycles. The Bertz CT molecular complexity index is 941. The van der Waals surface area contributed by atoms with Gasteiger partial charge in [0.05, 0.1) is 28.8 Å². The third-order valence-corrected chi connectivity index (χ3v) is 5.30. The highest BCUT2D eigenvalue weighted by Crippen LogP contribution is 2.24. The van der Waals surface area contributed by atoms with Crippen LogP contribution in [0.2, 0.25) is 0 Å². The van der Waals surface area contributed by atoms with Crippen LogP contribution in [0.5, 0.6) is 0 Å². The van der Waals surface area contributed by atoms with Crippen LogP contribution in [0, 0.1) is 11.3 Å². The molecule has 6 nitrogen and oxygen atoms in total. The van der Waals surface area contributed by atoms with E-state index in [4.69, 9.17) is 5.26 Å². The van der Waals surface area contributed by atoms with E-state index in [0.29, 0.717) is 29.7 Å². The van der Waals surface area contributed by atoms with E-state index in [1.807, 2.05) is 26.0 Å². The lowest BCUT2D eigenvalue weighted by Gasteiger charge is -2.29. The maximum Gasteiger partial charge on any atom is 0.261 e. The molecule has 3 amide bonds. The van der Waals surface area contributed by atoms with Crippen LogP contribution in [-0.4, -0.2) is 40.6 Å². The summed E-state index contributed by atoms with van der Waals surface area (Å²) >= 11 is 0. The SMILES string of the molecule is CCN(C(=O)CCCN1C(=O)c2ccccc2C1=O)C(C)c1ccc(C#N)cc1. The minimum absolute atomic E-state index is 0.0269. The van der Waals surface area contributed by atoms with E-state index < -0.39 is 0 Å². The number of nitrogens with zero attached hydrogens (tertiary/aromatic N) is 3. The summed E-state index contributed by atoms with van der Waals surface area (Å²) in [5, 5.41) is 8.93. The van der Waals surface area contributed by atoms with Crippen molar-refractivity contribution in [2.45, 2.75) is 32.7 Å². The van der Waals surface area contributed by atoms with E-state index in [1.54, 1.807) is 41.3 Å². The van der Waals surface area contributed by atoms with Crippen molar-refractivity contribution in [1.29, 1.82) is 5.26 Å². The summed E-state index contributed by atoms with van der Waals surface area (Å²) < 4.78 is 0. The van der Waals surface area contributed by atoms with Crippen LogP contribution in [0.3, 0.4) is 0 Å².